The molecule has 0 aliphatic heterocycles. The molecule has 0 radical (unpaired) electrons. The molecule has 0 saturated carbocycles. The first-order valence-corrected chi connectivity index (χ1v) is 6.48. The number of nitrogens with one attached hydrogen (secondary N) is 2. The van der Waals surface area contributed by atoms with Crippen molar-refractivity contribution in [3.05, 3.63) is 28.5 Å². The van der Waals surface area contributed by atoms with Gasteiger partial charge in [-0.05, 0) is 24.4 Å². The van der Waals surface area contributed by atoms with Crippen LogP contribution in [0.3, 0.4) is 0 Å². The first kappa shape index (κ1) is 14.4. The number of ether oxygens (including phenoxy) is 1. The lowest BCUT2D eigenvalue weighted by Crippen LogP contribution is -2.41. The molecule has 1 aromatic rings. The van der Waals surface area contributed by atoms with Gasteiger partial charge in [0.2, 0.25) is 5.91 Å². The Balaban J connectivity index is 2.18. The van der Waals surface area contributed by atoms with Crippen LogP contribution in [-0.2, 0) is 14.3 Å². The number of carbonyl (C=O) groups excluding carboxylic acids is 2. The van der Waals surface area contributed by atoms with Gasteiger partial charge in [0.05, 0.1) is 13.0 Å². The molecule has 0 fully saturated rings. The van der Waals surface area contributed by atoms with Crippen molar-refractivity contribution >= 4 is 29.2 Å². The van der Waals surface area contributed by atoms with Gasteiger partial charge in [-0.1, -0.05) is 6.07 Å². The van der Waals surface area contributed by atoms with Crippen molar-refractivity contribution < 1.29 is 14.3 Å². The summed E-state index contributed by atoms with van der Waals surface area (Å²) in [6.45, 7) is 2.78. The van der Waals surface area contributed by atoms with Gasteiger partial charge in [0.15, 0.2) is 0 Å². The van der Waals surface area contributed by atoms with E-state index < -0.39 is 0 Å². The average Bonchev–Trinajstić information content (AvgIpc) is 2.87. The van der Waals surface area contributed by atoms with Gasteiger partial charge in [-0.2, -0.15) is 0 Å². The largest absolute Gasteiger partial charge is 0.381 e. The second-order valence-electron chi connectivity index (χ2n) is 3.33. The summed E-state index contributed by atoms with van der Waals surface area (Å²) in [4.78, 5) is 23.5. The highest BCUT2D eigenvalue weighted by molar-refractivity contribution is 7.10. The molecule has 1 aromatic heterocycles. The van der Waals surface area contributed by atoms with Crippen LogP contribution < -0.4 is 10.9 Å². The van der Waals surface area contributed by atoms with E-state index in [1.54, 1.807) is 6.08 Å². The van der Waals surface area contributed by atoms with Crippen molar-refractivity contribution in [2.45, 2.75) is 13.3 Å². The van der Waals surface area contributed by atoms with E-state index in [2.05, 4.69) is 10.9 Å². The fourth-order valence-electron chi connectivity index (χ4n) is 1.09. The third-order valence-corrected chi connectivity index (χ3v) is 2.78. The fraction of sp³-hybridized carbons (Fsp3) is 0.333. The van der Waals surface area contributed by atoms with Crippen LogP contribution >= 0.6 is 11.3 Å². The number of rotatable bonds is 6. The predicted octanol–water partition coefficient (Wildman–Crippen LogP) is 1.34. The molecule has 1 heterocycles. The van der Waals surface area contributed by atoms with Crippen LogP contribution in [0.1, 0.15) is 18.2 Å². The summed E-state index contributed by atoms with van der Waals surface area (Å²) < 4.78 is 5.02. The molecule has 18 heavy (non-hydrogen) atoms. The normalized spacial score (nSPS) is 10.5. The van der Waals surface area contributed by atoms with Crippen LogP contribution in [0.25, 0.3) is 6.08 Å². The Labute approximate surface area is 110 Å². The Kier molecular flexibility index (Phi) is 6.75. The van der Waals surface area contributed by atoms with E-state index in [0.717, 1.165) is 4.88 Å². The number of hydrazine groups is 1. The van der Waals surface area contributed by atoms with Crippen LogP contribution in [0.5, 0.6) is 0 Å². The van der Waals surface area contributed by atoms with Crippen molar-refractivity contribution in [1.29, 1.82) is 0 Å². The average molecular weight is 268 g/mol. The SMILES string of the molecule is CCOCCC(=O)NNC(=O)/C=C/c1cccs1. The minimum Gasteiger partial charge on any atom is -0.381 e. The molecule has 6 heteroatoms. The quantitative estimate of drug-likeness (QED) is 0.465. The van der Waals surface area contributed by atoms with Crippen LogP contribution in [0, 0.1) is 0 Å². The molecule has 0 spiro atoms. The maximum atomic E-state index is 11.3. The van der Waals surface area contributed by atoms with Gasteiger partial charge < -0.3 is 4.74 Å². The van der Waals surface area contributed by atoms with Crippen LogP contribution in [0.15, 0.2) is 23.6 Å². The van der Waals surface area contributed by atoms with Gasteiger partial charge >= 0.3 is 0 Å². The number of carbonyl (C=O) groups is 2. The predicted molar refractivity (Wildman–Crippen MR) is 70.7 cm³/mol. The Morgan fingerprint density at radius 3 is 2.94 bits per heavy atom. The van der Waals surface area contributed by atoms with E-state index >= 15 is 0 Å². The van der Waals surface area contributed by atoms with Crippen LogP contribution in [0.2, 0.25) is 0 Å². The van der Waals surface area contributed by atoms with Crippen LogP contribution in [-0.4, -0.2) is 25.0 Å². The summed E-state index contributed by atoms with van der Waals surface area (Å²) in [7, 11) is 0. The minimum absolute atomic E-state index is 0.225. The lowest BCUT2D eigenvalue weighted by molar-refractivity contribution is -0.127. The molecule has 1 rings (SSSR count). The maximum absolute atomic E-state index is 11.3. The zero-order valence-corrected chi connectivity index (χ0v) is 11.0. The molecule has 0 atom stereocenters. The zero-order chi connectivity index (χ0) is 13.2. The van der Waals surface area contributed by atoms with Crippen LogP contribution in [0.4, 0.5) is 0 Å². The molecule has 98 valence electrons. The Morgan fingerprint density at radius 1 is 1.44 bits per heavy atom. The number of amides is 2. The molecule has 0 aliphatic rings. The zero-order valence-electron chi connectivity index (χ0n) is 10.1. The van der Waals surface area contributed by atoms with E-state index in [4.69, 9.17) is 4.74 Å². The fourth-order valence-corrected chi connectivity index (χ4v) is 1.71. The summed E-state index contributed by atoms with van der Waals surface area (Å²) in [5, 5.41) is 1.92. The van der Waals surface area contributed by atoms with E-state index in [-0.39, 0.29) is 18.2 Å². The summed E-state index contributed by atoms with van der Waals surface area (Å²) >= 11 is 1.53. The first-order chi connectivity index (χ1) is 8.72. The highest BCUT2D eigenvalue weighted by atomic mass is 32.1. The molecule has 5 nitrogen and oxygen atoms in total. The third-order valence-electron chi connectivity index (χ3n) is 1.94. The van der Waals surface area contributed by atoms with E-state index in [1.165, 1.54) is 17.4 Å². The number of hydrogen-bond donors (Lipinski definition) is 2. The standard InChI is InChI=1S/C12H16N2O3S/c1-2-17-8-7-12(16)14-13-11(15)6-5-10-4-3-9-18-10/h3-6,9H,2,7-8H2,1H3,(H,13,15)(H,14,16)/b6-5+. The molecule has 0 aromatic carbocycles. The van der Waals surface area contributed by atoms with Gasteiger partial charge in [0.25, 0.3) is 5.91 Å². The molecule has 2 N–H and O–H groups in total. The van der Waals surface area contributed by atoms with Gasteiger partial charge in [-0.15, -0.1) is 11.3 Å². The summed E-state index contributed by atoms with van der Waals surface area (Å²) in [6, 6.07) is 3.80. The monoisotopic (exact) mass is 268 g/mol. The summed E-state index contributed by atoms with van der Waals surface area (Å²) in [5.41, 5.74) is 4.60. The van der Waals surface area contributed by atoms with Gasteiger partial charge in [-0.25, -0.2) is 0 Å². The van der Waals surface area contributed by atoms with E-state index in [9.17, 15) is 9.59 Å². The maximum Gasteiger partial charge on any atom is 0.262 e. The van der Waals surface area contributed by atoms with Gasteiger partial charge in [-0.3, -0.25) is 20.4 Å². The molecule has 2 amide bonds. The number of hydrogen-bond acceptors (Lipinski definition) is 4. The second kappa shape index (κ2) is 8.43. The lowest BCUT2D eigenvalue weighted by Gasteiger charge is -2.04. The Hall–Kier alpha value is -1.66. The highest BCUT2D eigenvalue weighted by Crippen LogP contribution is 2.09. The first-order valence-electron chi connectivity index (χ1n) is 5.60. The van der Waals surface area contributed by atoms with Crippen molar-refractivity contribution in [3.63, 3.8) is 0 Å². The second-order valence-corrected chi connectivity index (χ2v) is 4.31. The Bertz CT molecular complexity index is 401. The Morgan fingerprint density at radius 2 is 2.28 bits per heavy atom. The molecular weight excluding hydrogens is 252 g/mol. The van der Waals surface area contributed by atoms with Crippen molar-refractivity contribution in [3.8, 4) is 0 Å². The highest BCUT2D eigenvalue weighted by Gasteiger charge is 2.01. The molecule has 0 unspecified atom stereocenters. The molecular formula is C12H16N2O3S. The molecule has 0 aliphatic carbocycles. The molecule has 0 bridgehead atoms. The third kappa shape index (κ3) is 6.17. The van der Waals surface area contributed by atoms with E-state index in [1.807, 2.05) is 24.4 Å². The van der Waals surface area contributed by atoms with E-state index in [0.29, 0.717) is 13.2 Å². The van der Waals surface area contributed by atoms with Crippen molar-refractivity contribution in [2.24, 2.45) is 0 Å². The van der Waals surface area contributed by atoms with Gasteiger partial charge in [0, 0.05) is 17.6 Å². The van der Waals surface area contributed by atoms with Crippen molar-refractivity contribution in [1.82, 2.24) is 10.9 Å². The number of thiophene rings is 1. The summed E-state index contributed by atoms with van der Waals surface area (Å²) in [6.07, 6.45) is 3.28. The minimum atomic E-state index is -0.367. The lowest BCUT2D eigenvalue weighted by atomic mass is 10.4. The summed E-state index contributed by atoms with van der Waals surface area (Å²) in [5.74, 6) is -0.644. The van der Waals surface area contributed by atoms with Gasteiger partial charge in [0.1, 0.15) is 0 Å². The topological polar surface area (TPSA) is 67.4 Å². The smallest absolute Gasteiger partial charge is 0.262 e. The van der Waals surface area contributed by atoms with Crippen molar-refractivity contribution in [2.75, 3.05) is 13.2 Å². The molecule has 0 saturated heterocycles.